The Morgan fingerprint density at radius 1 is 1.42 bits per heavy atom. The molecule has 0 aliphatic heterocycles. The number of aliphatic hydroxyl groups is 1. The molecule has 2 N–H and O–H groups in total. The number of aromatic amines is 1. The normalized spacial score (nSPS) is 30.5. The average molecular weight is 268 g/mol. The van der Waals surface area contributed by atoms with E-state index in [1.165, 1.54) is 6.20 Å². The molecule has 1 aliphatic rings. The van der Waals surface area contributed by atoms with Gasteiger partial charge in [0.2, 0.25) is 0 Å². The lowest BCUT2D eigenvalue weighted by Crippen LogP contribution is -2.43. The summed E-state index contributed by atoms with van der Waals surface area (Å²) >= 11 is 0. The molecule has 2 rings (SSSR count). The Morgan fingerprint density at radius 3 is 2.74 bits per heavy atom. The number of nitrogens with one attached hydrogen (secondary N) is 1. The molecule has 0 aromatic carbocycles. The van der Waals surface area contributed by atoms with Crippen molar-refractivity contribution in [3.8, 4) is 0 Å². The number of halogens is 1. The lowest BCUT2D eigenvalue weighted by Gasteiger charge is -2.32. The zero-order chi connectivity index (χ0) is 14.2. The Hall–Kier alpha value is -1.69. The average Bonchev–Trinajstić information content (AvgIpc) is 2.37. The molecular weight excluding hydrogens is 251 g/mol. The molecule has 0 spiro atoms. The molecule has 0 saturated heterocycles. The molecule has 1 heterocycles. The predicted molar refractivity (Wildman–Crippen MR) is 68.9 cm³/mol. The molecule has 0 radical (unpaired) electrons. The van der Waals surface area contributed by atoms with E-state index in [1.54, 1.807) is 19.1 Å². The zero-order valence-corrected chi connectivity index (χ0v) is 10.8. The molecule has 1 aromatic rings. The van der Waals surface area contributed by atoms with Gasteiger partial charge in [-0.3, -0.25) is 14.3 Å². The van der Waals surface area contributed by atoms with Crippen molar-refractivity contribution in [1.82, 2.24) is 9.55 Å². The Balaban J connectivity index is 2.46. The first-order valence-electron chi connectivity index (χ1n) is 6.28. The number of aliphatic hydroxyl groups excluding tert-OH is 1. The van der Waals surface area contributed by atoms with Gasteiger partial charge in [-0.25, -0.2) is 9.18 Å². The second-order valence-corrected chi connectivity index (χ2v) is 4.86. The minimum absolute atomic E-state index is 0.245. The number of allylic oxidation sites excluding steroid dienone is 1. The Morgan fingerprint density at radius 2 is 2.11 bits per heavy atom. The minimum atomic E-state index is -1.57. The third kappa shape index (κ3) is 2.40. The fourth-order valence-corrected chi connectivity index (χ4v) is 2.35. The molecule has 1 aliphatic carbocycles. The molecule has 0 saturated carbocycles. The summed E-state index contributed by atoms with van der Waals surface area (Å²) in [4.78, 5) is 25.1. The molecule has 104 valence electrons. The van der Waals surface area contributed by atoms with Crippen molar-refractivity contribution in [3.05, 3.63) is 44.8 Å². The largest absolute Gasteiger partial charge is 0.389 e. The van der Waals surface area contributed by atoms with Crippen molar-refractivity contribution in [2.24, 2.45) is 5.92 Å². The first kappa shape index (κ1) is 13.7. The van der Waals surface area contributed by atoms with Crippen LogP contribution in [0.4, 0.5) is 4.39 Å². The van der Waals surface area contributed by atoms with Crippen molar-refractivity contribution in [2.45, 2.75) is 38.6 Å². The maximum atomic E-state index is 14.2. The van der Waals surface area contributed by atoms with Crippen molar-refractivity contribution < 1.29 is 9.50 Å². The van der Waals surface area contributed by atoms with Crippen molar-refractivity contribution in [2.75, 3.05) is 0 Å². The molecule has 4 atom stereocenters. The fourth-order valence-electron chi connectivity index (χ4n) is 2.35. The Kier molecular flexibility index (Phi) is 3.71. The smallest absolute Gasteiger partial charge is 0.328 e. The van der Waals surface area contributed by atoms with Crippen LogP contribution in [0.5, 0.6) is 0 Å². The molecule has 1 aromatic heterocycles. The number of hydrogen-bond donors (Lipinski definition) is 2. The van der Waals surface area contributed by atoms with Crippen LogP contribution in [0.3, 0.4) is 0 Å². The van der Waals surface area contributed by atoms with E-state index >= 15 is 0 Å². The first-order chi connectivity index (χ1) is 8.95. The minimum Gasteiger partial charge on any atom is -0.389 e. The second-order valence-electron chi connectivity index (χ2n) is 4.86. The van der Waals surface area contributed by atoms with Gasteiger partial charge in [-0.1, -0.05) is 19.1 Å². The quantitative estimate of drug-likeness (QED) is 0.775. The van der Waals surface area contributed by atoms with Gasteiger partial charge in [-0.05, 0) is 13.3 Å². The van der Waals surface area contributed by atoms with Gasteiger partial charge in [0, 0.05) is 17.7 Å². The number of aromatic nitrogens is 2. The lowest BCUT2D eigenvalue weighted by atomic mass is 9.86. The summed E-state index contributed by atoms with van der Waals surface area (Å²) in [6.07, 6.45) is 2.53. The van der Waals surface area contributed by atoms with Gasteiger partial charge in [0.25, 0.3) is 5.56 Å². The molecule has 0 amide bonds. The summed E-state index contributed by atoms with van der Waals surface area (Å²) in [6.45, 7) is 3.40. The SMILES string of the molecule is CCC1C=CC(n2cc(C)c(=O)[nH]c2=O)C(F)C1O. The van der Waals surface area contributed by atoms with Crippen molar-refractivity contribution in [1.29, 1.82) is 0 Å². The van der Waals surface area contributed by atoms with Crippen LogP contribution in [-0.2, 0) is 0 Å². The molecule has 19 heavy (non-hydrogen) atoms. The molecule has 0 bridgehead atoms. The third-order valence-corrected chi connectivity index (χ3v) is 3.59. The van der Waals surface area contributed by atoms with Crippen molar-refractivity contribution >= 4 is 0 Å². The topological polar surface area (TPSA) is 75.1 Å². The van der Waals surface area contributed by atoms with Crippen LogP contribution in [0.15, 0.2) is 27.9 Å². The van der Waals surface area contributed by atoms with Crippen LogP contribution < -0.4 is 11.2 Å². The molecule has 4 unspecified atom stereocenters. The zero-order valence-electron chi connectivity index (χ0n) is 10.8. The number of hydrogen-bond acceptors (Lipinski definition) is 3. The number of rotatable bonds is 2. The van der Waals surface area contributed by atoms with Crippen LogP contribution in [0, 0.1) is 12.8 Å². The van der Waals surface area contributed by atoms with Gasteiger partial charge in [-0.2, -0.15) is 0 Å². The van der Waals surface area contributed by atoms with Crippen LogP contribution in [0.1, 0.15) is 24.9 Å². The number of alkyl halides is 1. The molecule has 0 fully saturated rings. The summed E-state index contributed by atoms with van der Waals surface area (Å²) in [5, 5.41) is 9.87. The Labute approximate surface area is 109 Å². The Bertz CT molecular complexity index is 605. The standard InChI is InChI=1S/C13H17FN2O3/c1-3-8-4-5-9(10(14)11(8)17)16-6-7(2)12(18)15-13(16)19/h4-6,8-11,17H,3H2,1-2H3,(H,15,18,19). The highest BCUT2D eigenvalue weighted by molar-refractivity contribution is 5.11. The first-order valence-corrected chi connectivity index (χ1v) is 6.28. The summed E-state index contributed by atoms with van der Waals surface area (Å²) in [5.74, 6) is -0.245. The van der Waals surface area contributed by atoms with Gasteiger partial charge >= 0.3 is 5.69 Å². The summed E-state index contributed by atoms with van der Waals surface area (Å²) in [7, 11) is 0. The van der Waals surface area contributed by atoms with Gasteiger partial charge < -0.3 is 5.11 Å². The fraction of sp³-hybridized carbons (Fsp3) is 0.538. The van der Waals surface area contributed by atoms with E-state index in [9.17, 15) is 19.1 Å². The number of nitrogens with zero attached hydrogens (tertiary/aromatic N) is 1. The van der Waals surface area contributed by atoms with E-state index in [4.69, 9.17) is 0 Å². The van der Waals surface area contributed by atoms with Gasteiger partial charge in [-0.15, -0.1) is 0 Å². The van der Waals surface area contributed by atoms with E-state index in [1.807, 2.05) is 6.92 Å². The summed E-state index contributed by atoms with van der Waals surface area (Å²) in [5.41, 5.74) is -0.828. The van der Waals surface area contributed by atoms with Crippen molar-refractivity contribution in [3.63, 3.8) is 0 Å². The van der Waals surface area contributed by atoms with E-state index in [2.05, 4.69) is 4.98 Å². The van der Waals surface area contributed by atoms with Crippen LogP contribution >= 0.6 is 0 Å². The molecule has 6 heteroatoms. The maximum absolute atomic E-state index is 14.2. The number of H-pyrrole nitrogens is 1. The van der Waals surface area contributed by atoms with E-state index in [0.717, 1.165) is 4.57 Å². The monoisotopic (exact) mass is 268 g/mol. The third-order valence-electron chi connectivity index (χ3n) is 3.59. The lowest BCUT2D eigenvalue weighted by molar-refractivity contribution is 0.0168. The summed E-state index contributed by atoms with van der Waals surface area (Å²) < 4.78 is 15.3. The second kappa shape index (κ2) is 5.13. The number of aryl methyl sites for hydroxylation is 1. The maximum Gasteiger partial charge on any atom is 0.328 e. The van der Waals surface area contributed by atoms with E-state index in [-0.39, 0.29) is 5.92 Å². The van der Waals surface area contributed by atoms with E-state index in [0.29, 0.717) is 12.0 Å². The van der Waals surface area contributed by atoms with Crippen LogP contribution in [0.25, 0.3) is 0 Å². The molecular formula is C13H17FN2O3. The highest BCUT2D eigenvalue weighted by Gasteiger charge is 2.36. The van der Waals surface area contributed by atoms with Gasteiger partial charge in [0.05, 0.1) is 12.1 Å². The molecule has 5 nitrogen and oxygen atoms in total. The summed E-state index contributed by atoms with van der Waals surface area (Å²) in [6, 6.07) is -0.888. The van der Waals surface area contributed by atoms with Crippen LogP contribution in [-0.4, -0.2) is 26.9 Å². The van der Waals surface area contributed by atoms with Gasteiger partial charge in [0.1, 0.15) is 0 Å². The highest BCUT2D eigenvalue weighted by atomic mass is 19.1. The highest BCUT2D eigenvalue weighted by Crippen LogP contribution is 2.30. The van der Waals surface area contributed by atoms with Crippen LogP contribution in [0.2, 0.25) is 0 Å². The van der Waals surface area contributed by atoms with E-state index < -0.39 is 29.6 Å². The van der Waals surface area contributed by atoms with Gasteiger partial charge in [0.15, 0.2) is 6.17 Å². The predicted octanol–water partition coefficient (Wildman–Crippen LogP) is 0.681.